The summed E-state index contributed by atoms with van der Waals surface area (Å²) in [5.41, 5.74) is 0.192. The lowest BCUT2D eigenvalue weighted by Crippen LogP contribution is -2.56. The summed E-state index contributed by atoms with van der Waals surface area (Å²) in [5.74, 6) is 1.89. The van der Waals surface area contributed by atoms with Crippen LogP contribution in [0.2, 0.25) is 0 Å². The fourth-order valence-electron chi connectivity index (χ4n) is 4.06. The summed E-state index contributed by atoms with van der Waals surface area (Å²) in [4.78, 5) is 2.52. The van der Waals surface area contributed by atoms with E-state index in [-0.39, 0.29) is 5.41 Å². The number of hydrogen-bond acceptors (Lipinski definition) is 4. The number of rotatable bonds is 6. The number of nitrogens with zero attached hydrogens (tertiary/aromatic N) is 1. The standard InChI is InChI=1S/C18H27NO3/c1-3-16(21-9-1)11-19-8-6-17-18(13-19,7-2-10-22-17)14-20-12-15-4-5-15/h1,3,9,15,17H,2,4-8,10-14H2/t17-,18-/m0/s1. The van der Waals surface area contributed by atoms with Crippen LogP contribution in [0.3, 0.4) is 0 Å². The van der Waals surface area contributed by atoms with Gasteiger partial charge in [0.1, 0.15) is 5.76 Å². The average molecular weight is 305 g/mol. The predicted octanol–water partition coefficient (Wildman–Crippen LogP) is 3.08. The smallest absolute Gasteiger partial charge is 0.117 e. The first-order valence-corrected chi connectivity index (χ1v) is 8.78. The maximum Gasteiger partial charge on any atom is 0.117 e. The van der Waals surface area contributed by atoms with Crippen LogP contribution >= 0.6 is 0 Å². The van der Waals surface area contributed by atoms with Crippen molar-refractivity contribution in [2.75, 3.05) is 32.9 Å². The van der Waals surface area contributed by atoms with Crippen molar-refractivity contribution in [3.8, 4) is 0 Å². The Labute approximate surface area is 132 Å². The molecule has 0 aromatic carbocycles. The number of ether oxygens (including phenoxy) is 2. The van der Waals surface area contributed by atoms with Crippen LogP contribution < -0.4 is 0 Å². The van der Waals surface area contributed by atoms with Crippen LogP contribution in [0, 0.1) is 11.3 Å². The van der Waals surface area contributed by atoms with Crippen molar-refractivity contribution in [1.29, 1.82) is 0 Å². The molecule has 1 saturated carbocycles. The topological polar surface area (TPSA) is 34.8 Å². The van der Waals surface area contributed by atoms with Gasteiger partial charge in [0.2, 0.25) is 0 Å². The second-order valence-corrected chi connectivity index (χ2v) is 7.36. The van der Waals surface area contributed by atoms with E-state index in [4.69, 9.17) is 13.9 Å². The van der Waals surface area contributed by atoms with Gasteiger partial charge in [-0.25, -0.2) is 0 Å². The summed E-state index contributed by atoms with van der Waals surface area (Å²) in [5, 5.41) is 0. The molecule has 1 aromatic rings. The van der Waals surface area contributed by atoms with Crippen molar-refractivity contribution >= 4 is 0 Å². The fourth-order valence-corrected chi connectivity index (χ4v) is 4.06. The van der Waals surface area contributed by atoms with Crippen molar-refractivity contribution < 1.29 is 13.9 Å². The summed E-state index contributed by atoms with van der Waals surface area (Å²) in [6, 6.07) is 4.04. The third kappa shape index (κ3) is 3.24. The van der Waals surface area contributed by atoms with Crippen molar-refractivity contribution in [3.63, 3.8) is 0 Å². The van der Waals surface area contributed by atoms with Gasteiger partial charge in [0.15, 0.2) is 0 Å². The van der Waals surface area contributed by atoms with Gasteiger partial charge in [-0.1, -0.05) is 0 Å². The average Bonchev–Trinajstić information content (AvgIpc) is 3.22. The number of fused-ring (bicyclic) bond motifs is 1. The minimum Gasteiger partial charge on any atom is -0.468 e. The molecule has 4 heteroatoms. The molecule has 3 fully saturated rings. The third-order valence-corrected chi connectivity index (χ3v) is 5.47. The van der Waals surface area contributed by atoms with E-state index in [0.717, 1.165) is 64.0 Å². The summed E-state index contributed by atoms with van der Waals surface area (Å²) in [6.07, 6.45) is 8.38. The SMILES string of the molecule is c1coc(CN2CC[C@@H]3OCCC[C@@]3(COCC3CC3)C2)c1. The largest absolute Gasteiger partial charge is 0.468 e. The van der Waals surface area contributed by atoms with Gasteiger partial charge in [-0.05, 0) is 50.2 Å². The van der Waals surface area contributed by atoms with Crippen LogP contribution in [-0.4, -0.2) is 43.9 Å². The highest BCUT2D eigenvalue weighted by Crippen LogP contribution is 2.41. The summed E-state index contributed by atoms with van der Waals surface area (Å²) < 4.78 is 17.7. The molecule has 1 aromatic heterocycles. The molecular formula is C18H27NO3. The van der Waals surface area contributed by atoms with E-state index >= 15 is 0 Å². The maximum atomic E-state index is 6.11. The highest BCUT2D eigenvalue weighted by Gasteiger charge is 2.46. The van der Waals surface area contributed by atoms with Gasteiger partial charge in [-0.3, -0.25) is 4.90 Å². The summed E-state index contributed by atoms with van der Waals surface area (Å²) in [7, 11) is 0. The Kier molecular flexibility index (Phi) is 4.25. The minimum atomic E-state index is 0.192. The zero-order valence-corrected chi connectivity index (χ0v) is 13.3. The molecule has 122 valence electrons. The Balaban J connectivity index is 1.40. The zero-order chi connectivity index (χ0) is 14.8. The lowest BCUT2D eigenvalue weighted by atomic mass is 9.73. The molecule has 0 amide bonds. The zero-order valence-electron chi connectivity index (χ0n) is 13.3. The molecule has 2 saturated heterocycles. The van der Waals surface area contributed by atoms with Gasteiger partial charge < -0.3 is 13.9 Å². The van der Waals surface area contributed by atoms with Crippen LogP contribution in [0.25, 0.3) is 0 Å². The fraction of sp³-hybridized carbons (Fsp3) is 0.778. The number of piperidine rings is 1. The van der Waals surface area contributed by atoms with Crippen LogP contribution in [-0.2, 0) is 16.0 Å². The molecule has 1 aliphatic carbocycles. The van der Waals surface area contributed by atoms with Crippen molar-refractivity contribution in [2.45, 2.75) is 44.8 Å². The molecule has 3 heterocycles. The van der Waals surface area contributed by atoms with E-state index < -0.39 is 0 Å². The van der Waals surface area contributed by atoms with Crippen LogP contribution in [0.1, 0.15) is 37.9 Å². The highest BCUT2D eigenvalue weighted by atomic mass is 16.5. The number of hydrogen-bond donors (Lipinski definition) is 0. The monoisotopic (exact) mass is 305 g/mol. The van der Waals surface area contributed by atoms with E-state index in [1.54, 1.807) is 6.26 Å². The van der Waals surface area contributed by atoms with Gasteiger partial charge in [0, 0.05) is 31.7 Å². The van der Waals surface area contributed by atoms with E-state index in [2.05, 4.69) is 11.0 Å². The molecule has 0 spiro atoms. The molecule has 3 aliphatic rings. The van der Waals surface area contributed by atoms with E-state index in [0.29, 0.717) is 6.10 Å². The molecule has 4 nitrogen and oxygen atoms in total. The lowest BCUT2D eigenvalue weighted by molar-refractivity contribution is -0.155. The predicted molar refractivity (Wildman–Crippen MR) is 83.6 cm³/mol. The highest BCUT2D eigenvalue weighted by molar-refractivity contribution is 5.01. The second kappa shape index (κ2) is 6.34. The van der Waals surface area contributed by atoms with Crippen LogP contribution in [0.5, 0.6) is 0 Å². The Morgan fingerprint density at radius 1 is 1.32 bits per heavy atom. The number of furan rings is 1. The molecule has 2 atom stereocenters. The Morgan fingerprint density at radius 2 is 2.27 bits per heavy atom. The summed E-state index contributed by atoms with van der Waals surface area (Å²) >= 11 is 0. The lowest BCUT2D eigenvalue weighted by Gasteiger charge is -2.50. The first-order valence-electron chi connectivity index (χ1n) is 8.78. The van der Waals surface area contributed by atoms with Crippen molar-refractivity contribution in [2.24, 2.45) is 11.3 Å². The first-order chi connectivity index (χ1) is 10.8. The molecule has 0 unspecified atom stereocenters. The van der Waals surface area contributed by atoms with E-state index in [1.807, 2.05) is 6.07 Å². The quantitative estimate of drug-likeness (QED) is 0.809. The first kappa shape index (κ1) is 14.7. The van der Waals surface area contributed by atoms with Crippen LogP contribution in [0.4, 0.5) is 0 Å². The molecule has 0 bridgehead atoms. The Morgan fingerprint density at radius 3 is 3.09 bits per heavy atom. The third-order valence-electron chi connectivity index (χ3n) is 5.47. The molecule has 4 rings (SSSR count). The van der Waals surface area contributed by atoms with Gasteiger partial charge in [-0.2, -0.15) is 0 Å². The second-order valence-electron chi connectivity index (χ2n) is 7.36. The molecule has 2 aliphatic heterocycles. The normalized spacial score (nSPS) is 32.8. The van der Waals surface area contributed by atoms with Crippen molar-refractivity contribution in [1.82, 2.24) is 4.90 Å². The maximum absolute atomic E-state index is 6.11. The van der Waals surface area contributed by atoms with Crippen LogP contribution in [0.15, 0.2) is 22.8 Å². The molecule has 0 radical (unpaired) electrons. The summed E-state index contributed by atoms with van der Waals surface area (Å²) in [6.45, 7) is 5.81. The molecule has 22 heavy (non-hydrogen) atoms. The van der Waals surface area contributed by atoms with Gasteiger partial charge in [-0.15, -0.1) is 0 Å². The van der Waals surface area contributed by atoms with Crippen molar-refractivity contribution in [3.05, 3.63) is 24.2 Å². The Hall–Kier alpha value is -0.840. The molecule has 0 N–H and O–H groups in total. The molecular weight excluding hydrogens is 278 g/mol. The minimum absolute atomic E-state index is 0.192. The number of likely N-dealkylation sites (tertiary alicyclic amines) is 1. The van der Waals surface area contributed by atoms with E-state index in [1.165, 1.54) is 19.3 Å². The van der Waals surface area contributed by atoms with Gasteiger partial charge >= 0.3 is 0 Å². The van der Waals surface area contributed by atoms with Gasteiger partial charge in [0.05, 0.1) is 25.5 Å². The van der Waals surface area contributed by atoms with E-state index in [9.17, 15) is 0 Å². The Bertz CT molecular complexity index is 471. The van der Waals surface area contributed by atoms with Gasteiger partial charge in [0.25, 0.3) is 0 Å².